The molecule has 2 N–H and O–H groups in total. The number of rotatable bonds is 6. The summed E-state index contributed by atoms with van der Waals surface area (Å²) in [6.07, 6.45) is 3.83. The molecule has 0 saturated carbocycles. The predicted octanol–water partition coefficient (Wildman–Crippen LogP) is 3.45. The standard InChI is InChI=1S/C22H25N5O2.HI/c1-16-24-8-9-27(16)14-19-5-3-4-17(10-19)12-25-22(23-2)26-13-18-6-7-20-21(11-18)29-15-28-20;/h3-11H,12-15H2,1-2H3,(H2,23,25,26);1H. The molecule has 7 nitrogen and oxygen atoms in total. The lowest BCUT2D eigenvalue weighted by Crippen LogP contribution is -2.36. The molecule has 30 heavy (non-hydrogen) atoms. The number of benzene rings is 2. The lowest BCUT2D eigenvalue weighted by atomic mass is 10.1. The number of imidazole rings is 1. The Kier molecular flexibility index (Phi) is 7.56. The molecule has 3 aromatic rings. The molecule has 0 spiro atoms. The molecule has 2 heterocycles. The van der Waals surface area contributed by atoms with E-state index >= 15 is 0 Å². The number of hydrogen-bond acceptors (Lipinski definition) is 4. The summed E-state index contributed by atoms with van der Waals surface area (Å²) in [6.45, 7) is 4.46. The summed E-state index contributed by atoms with van der Waals surface area (Å²) < 4.78 is 12.9. The van der Waals surface area contributed by atoms with E-state index < -0.39 is 0 Å². The van der Waals surface area contributed by atoms with Gasteiger partial charge in [-0.05, 0) is 35.7 Å². The van der Waals surface area contributed by atoms with E-state index in [0.29, 0.717) is 13.1 Å². The highest BCUT2D eigenvalue weighted by Crippen LogP contribution is 2.32. The number of aryl methyl sites for hydroxylation is 1. The molecule has 0 fully saturated rings. The van der Waals surface area contributed by atoms with Crippen LogP contribution >= 0.6 is 24.0 Å². The van der Waals surface area contributed by atoms with Crippen molar-refractivity contribution in [2.24, 2.45) is 4.99 Å². The minimum Gasteiger partial charge on any atom is -0.454 e. The van der Waals surface area contributed by atoms with Gasteiger partial charge in [0.15, 0.2) is 17.5 Å². The third-order valence-electron chi connectivity index (χ3n) is 4.85. The zero-order valence-corrected chi connectivity index (χ0v) is 19.4. The minimum atomic E-state index is 0. The minimum absolute atomic E-state index is 0. The number of hydrogen-bond donors (Lipinski definition) is 2. The van der Waals surface area contributed by atoms with Crippen LogP contribution in [-0.2, 0) is 19.6 Å². The monoisotopic (exact) mass is 519 g/mol. The Morgan fingerprint density at radius 1 is 1.03 bits per heavy atom. The summed E-state index contributed by atoms with van der Waals surface area (Å²) >= 11 is 0. The van der Waals surface area contributed by atoms with Gasteiger partial charge in [0.25, 0.3) is 0 Å². The highest BCUT2D eigenvalue weighted by molar-refractivity contribution is 14.0. The van der Waals surface area contributed by atoms with Gasteiger partial charge in [0, 0.05) is 39.1 Å². The molecule has 8 heteroatoms. The summed E-state index contributed by atoms with van der Waals surface area (Å²) in [4.78, 5) is 8.59. The zero-order chi connectivity index (χ0) is 20.1. The van der Waals surface area contributed by atoms with Crippen LogP contribution in [0.25, 0.3) is 0 Å². The molecule has 1 aromatic heterocycles. The second-order valence-electron chi connectivity index (χ2n) is 6.89. The van der Waals surface area contributed by atoms with Crippen LogP contribution < -0.4 is 20.1 Å². The number of ether oxygens (including phenoxy) is 2. The second-order valence-corrected chi connectivity index (χ2v) is 6.89. The van der Waals surface area contributed by atoms with E-state index in [1.54, 1.807) is 7.05 Å². The van der Waals surface area contributed by atoms with Gasteiger partial charge in [-0.2, -0.15) is 0 Å². The summed E-state index contributed by atoms with van der Waals surface area (Å²) in [5.41, 5.74) is 3.55. The Balaban J connectivity index is 0.00000256. The lowest BCUT2D eigenvalue weighted by molar-refractivity contribution is 0.174. The van der Waals surface area contributed by atoms with Crippen LogP contribution in [0.15, 0.2) is 59.9 Å². The SMILES string of the molecule is CN=C(NCc1cccc(Cn2ccnc2C)c1)NCc1ccc2c(c1)OCO2.I. The maximum atomic E-state index is 5.43. The number of nitrogens with one attached hydrogen (secondary N) is 2. The highest BCUT2D eigenvalue weighted by atomic mass is 127. The van der Waals surface area contributed by atoms with Crippen molar-refractivity contribution in [2.75, 3.05) is 13.8 Å². The number of halogens is 1. The fourth-order valence-electron chi connectivity index (χ4n) is 3.25. The Hall–Kier alpha value is -2.75. The average molecular weight is 519 g/mol. The Morgan fingerprint density at radius 2 is 1.77 bits per heavy atom. The van der Waals surface area contributed by atoms with E-state index in [9.17, 15) is 0 Å². The Labute approximate surface area is 193 Å². The molecular formula is C22H26IN5O2. The van der Waals surface area contributed by atoms with E-state index in [-0.39, 0.29) is 30.8 Å². The van der Waals surface area contributed by atoms with Crippen LogP contribution in [0.5, 0.6) is 11.5 Å². The molecule has 0 radical (unpaired) electrons. The molecule has 0 amide bonds. The average Bonchev–Trinajstić information content (AvgIpc) is 3.37. The van der Waals surface area contributed by atoms with Crippen LogP contribution in [-0.4, -0.2) is 29.4 Å². The van der Waals surface area contributed by atoms with Gasteiger partial charge in [0.05, 0.1) is 0 Å². The molecule has 0 aliphatic carbocycles. The number of aromatic nitrogens is 2. The summed E-state index contributed by atoms with van der Waals surface area (Å²) in [7, 11) is 1.77. The van der Waals surface area contributed by atoms with Gasteiger partial charge in [-0.25, -0.2) is 4.98 Å². The maximum absolute atomic E-state index is 5.43. The van der Waals surface area contributed by atoms with Crippen molar-refractivity contribution in [3.8, 4) is 11.5 Å². The number of guanidine groups is 1. The predicted molar refractivity (Wildman–Crippen MR) is 128 cm³/mol. The summed E-state index contributed by atoms with van der Waals surface area (Å²) in [5, 5.41) is 6.71. The van der Waals surface area contributed by atoms with Crippen molar-refractivity contribution < 1.29 is 9.47 Å². The molecule has 0 saturated heterocycles. The van der Waals surface area contributed by atoms with Crippen molar-refractivity contribution in [1.29, 1.82) is 0 Å². The van der Waals surface area contributed by atoms with E-state index in [0.717, 1.165) is 35.4 Å². The third-order valence-corrected chi connectivity index (χ3v) is 4.85. The van der Waals surface area contributed by atoms with E-state index in [1.807, 2.05) is 37.5 Å². The topological polar surface area (TPSA) is 72.7 Å². The molecule has 2 aromatic carbocycles. The van der Waals surface area contributed by atoms with Crippen molar-refractivity contribution >= 4 is 29.9 Å². The van der Waals surface area contributed by atoms with E-state index in [1.165, 1.54) is 11.1 Å². The van der Waals surface area contributed by atoms with Crippen LogP contribution in [0, 0.1) is 6.92 Å². The van der Waals surface area contributed by atoms with Gasteiger partial charge in [0.1, 0.15) is 5.82 Å². The van der Waals surface area contributed by atoms with Gasteiger partial charge in [0.2, 0.25) is 6.79 Å². The molecule has 0 bridgehead atoms. The molecule has 0 atom stereocenters. The molecule has 158 valence electrons. The summed E-state index contributed by atoms with van der Waals surface area (Å²) in [6, 6.07) is 14.5. The molecule has 0 unspecified atom stereocenters. The van der Waals surface area contributed by atoms with Crippen molar-refractivity contribution in [3.63, 3.8) is 0 Å². The van der Waals surface area contributed by atoms with Gasteiger partial charge in [-0.1, -0.05) is 30.3 Å². The fourth-order valence-corrected chi connectivity index (χ4v) is 3.25. The van der Waals surface area contributed by atoms with Gasteiger partial charge in [-0.3, -0.25) is 4.99 Å². The van der Waals surface area contributed by atoms with Gasteiger partial charge < -0.3 is 24.7 Å². The Bertz CT molecular complexity index is 1020. The van der Waals surface area contributed by atoms with E-state index in [2.05, 4.69) is 49.4 Å². The lowest BCUT2D eigenvalue weighted by Gasteiger charge is -2.13. The first-order chi connectivity index (χ1) is 14.2. The first kappa shape index (κ1) is 21.9. The van der Waals surface area contributed by atoms with Crippen LogP contribution in [0.1, 0.15) is 22.5 Å². The van der Waals surface area contributed by atoms with E-state index in [4.69, 9.17) is 9.47 Å². The van der Waals surface area contributed by atoms with Crippen LogP contribution in [0.4, 0.5) is 0 Å². The van der Waals surface area contributed by atoms with Crippen molar-refractivity contribution in [1.82, 2.24) is 20.2 Å². The number of fused-ring (bicyclic) bond motifs is 1. The summed E-state index contributed by atoms with van der Waals surface area (Å²) in [5.74, 6) is 3.35. The van der Waals surface area contributed by atoms with Gasteiger partial charge >= 0.3 is 0 Å². The quantitative estimate of drug-likeness (QED) is 0.297. The molecule has 4 rings (SSSR count). The smallest absolute Gasteiger partial charge is 0.231 e. The largest absolute Gasteiger partial charge is 0.454 e. The normalized spacial score (nSPS) is 12.4. The van der Waals surface area contributed by atoms with Crippen molar-refractivity contribution in [2.45, 2.75) is 26.6 Å². The first-order valence-electron chi connectivity index (χ1n) is 9.60. The highest BCUT2D eigenvalue weighted by Gasteiger charge is 2.13. The van der Waals surface area contributed by atoms with Gasteiger partial charge in [-0.15, -0.1) is 24.0 Å². The van der Waals surface area contributed by atoms with Crippen molar-refractivity contribution in [3.05, 3.63) is 77.4 Å². The molecular weight excluding hydrogens is 493 g/mol. The maximum Gasteiger partial charge on any atom is 0.231 e. The number of nitrogens with zero attached hydrogens (tertiary/aromatic N) is 3. The van der Waals surface area contributed by atoms with Crippen LogP contribution in [0.2, 0.25) is 0 Å². The second kappa shape index (κ2) is 10.3. The fraction of sp³-hybridized carbons (Fsp3) is 0.273. The first-order valence-corrected chi connectivity index (χ1v) is 9.60. The molecule has 1 aliphatic rings. The molecule has 1 aliphatic heterocycles. The third kappa shape index (κ3) is 5.44. The number of aliphatic imine (C=N–C) groups is 1. The Morgan fingerprint density at radius 3 is 2.50 bits per heavy atom. The van der Waals surface area contributed by atoms with Crippen LogP contribution in [0.3, 0.4) is 0 Å². The zero-order valence-electron chi connectivity index (χ0n) is 17.1.